The molecule has 0 aliphatic heterocycles. The van der Waals surface area contributed by atoms with Crippen LogP contribution in [0.15, 0.2) is 23.1 Å². The molecule has 0 spiro atoms. The minimum Gasteiger partial charge on any atom is -0.383 e. The fourth-order valence-electron chi connectivity index (χ4n) is 1.31. The predicted octanol–water partition coefficient (Wildman–Crippen LogP) is 1.84. The van der Waals surface area contributed by atoms with Gasteiger partial charge in [0.2, 0.25) is 0 Å². The topological polar surface area (TPSA) is 39.9 Å². The third-order valence-electron chi connectivity index (χ3n) is 1.97. The molecule has 0 radical (unpaired) electrons. The maximum atomic E-state index is 5.01. The molecule has 2 rings (SSSR count). The Labute approximate surface area is 90.0 Å². The smallest absolute Gasteiger partial charge is 0.158 e. The zero-order valence-corrected chi connectivity index (χ0v) is 9.36. The highest BCUT2D eigenvalue weighted by Crippen LogP contribution is 2.13. The van der Waals surface area contributed by atoms with E-state index in [0.717, 1.165) is 22.3 Å². The zero-order chi connectivity index (χ0) is 9.97. The van der Waals surface area contributed by atoms with Crippen LogP contribution in [0.2, 0.25) is 0 Å². The molecule has 2 heterocycles. The average Bonchev–Trinajstić information content (AvgIpc) is 2.57. The highest BCUT2D eigenvalue weighted by molar-refractivity contribution is 9.10. The van der Waals surface area contributed by atoms with E-state index in [4.69, 9.17) is 4.74 Å². The summed E-state index contributed by atoms with van der Waals surface area (Å²) in [4.78, 5) is 8.59. The van der Waals surface area contributed by atoms with Crippen molar-refractivity contribution < 1.29 is 4.74 Å². The predicted molar refractivity (Wildman–Crippen MR) is 57.1 cm³/mol. The van der Waals surface area contributed by atoms with Crippen LogP contribution in [0.25, 0.3) is 11.2 Å². The Morgan fingerprint density at radius 3 is 3.21 bits per heavy atom. The first-order valence-corrected chi connectivity index (χ1v) is 5.07. The number of fused-ring (bicyclic) bond motifs is 1. The van der Waals surface area contributed by atoms with Crippen LogP contribution in [0.1, 0.15) is 0 Å². The minimum atomic E-state index is 0.682. The highest BCUT2D eigenvalue weighted by Gasteiger charge is 2.03. The standard InChI is InChI=1S/C9H10BrN3O/c1-14-5-4-13-3-2-7-9(13)11-6-8(10)12-7/h2-3,6H,4-5H2,1H3. The molecule has 4 nitrogen and oxygen atoms in total. The molecule has 0 aromatic carbocycles. The van der Waals surface area contributed by atoms with E-state index in [2.05, 4.69) is 25.9 Å². The number of halogens is 1. The molecule has 0 aliphatic carbocycles. The minimum absolute atomic E-state index is 0.682. The molecule has 0 saturated heterocycles. The number of nitrogens with zero attached hydrogens (tertiary/aromatic N) is 3. The zero-order valence-electron chi connectivity index (χ0n) is 7.77. The van der Waals surface area contributed by atoms with Crippen LogP contribution < -0.4 is 0 Å². The van der Waals surface area contributed by atoms with Crippen LogP contribution in [-0.2, 0) is 11.3 Å². The molecular weight excluding hydrogens is 246 g/mol. The molecule has 0 N–H and O–H groups in total. The molecule has 0 amide bonds. The summed E-state index contributed by atoms with van der Waals surface area (Å²) in [5.74, 6) is 0. The van der Waals surface area contributed by atoms with Gasteiger partial charge >= 0.3 is 0 Å². The Morgan fingerprint density at radius 2 is 2.43 bits per heavy atom. The highest BCUT2D eigenvalue weighted by atomic mass is 79.9. The summed E-state index contributed by atoms with van der Waals surface area (Å²) in [6.07, 6.45) is 3.67. The SMILES string of the molecule is COCCn1ccc2nc(Br)cnc21. The third-order valence-corrected chi connectivity index (χ3v) is 2.35. The second-order valence-corrected chi connectivity index (χ2v) is 3.72. The maximum Gasteiger partial charge on any atom is 0.158 e. The summed E-state index contributed by atoms with van der Waals surface area (Å²) in [5, 5.41) is 0. The van der Waals surface area contributed by atoms with Crippen LogP contribution in [0.4, 0.5) is 0 Å². The molecule has 0 saturated carbocycles. The van der Waals surface area contributed by atoms with E-state index in [0.29, 0.717) is 6.61 Å². The van der Waals surface area contributed by atoms with Crippen LogP contribution >= 0.6 is 15.9 Å². The number of aromatic nitrogens is 3. The molecule has 2 aromatic rings. The first kappa shape index (κ1) is 9.61. The van der Waals surface area contributed by atoms with E-state index in [9.17, 15) is 0 Å². The Kier molecular flexibility index (Phi) is 2.79. The van der Waals surface area contributed by atoms with Crippen molar-refractivity contribution in [3.63, 3.8) is 0 Å². The first-order valence-electron chi connectivity index (χ1n) is 4.27. The van der Waals surface area contributed by atoms with Gasteiger partial charge in [-0.25, -0.2) is 9.97 Å². The largest absolute Gasteiger partial charge is 0.383 e. The van der Waals surface area contributed by atoms with Crippen LogP contribution in [0, 0.1) is 0 Å². The second kappa shape index (κ2) is 4.06. The van der Waals surface area contributed by atoms with Crippen LogP contribution in [0.5, 0.6) is 0 Å². The Balaban J connectivity index is 2.37. The van der Waals surface area contributed by atoms with Gasteiger partial charge in [0.05, 0.1) is 12.8 Å². The monoisotopic (exact) mass is 255 g/mol. The molecule has 14 heavy (non-hydrogen) atoms. The van der Waals surface area contributed by atoms with Crippen LogP contribution in [0.3, 0.4) is 0 Å². The van der Waals surface area contributed by atoms with Crippen molar-refractivity contribution in [1.29, 1.82) is 0 Å². The van der Waals surface area contributed by atoms with Crippen molar-refractivity contribution in [3.8, 4) is 0 Å². The second-order valence-electron chi connectivity index (χ2n) is 2.90. The van der Waals surface area contributed by atoms with Crippen molar-refractivity contribution in [1.82, 2.24) is 14.5 Å². The molecule has 0 unspecified atom stereocenters. The van der Waals surface area contributed by atoms with Gasteiger partial charge in [-0.3, -0.25) is 0 Å². The van der Waals surface area contributed by atoms with Gasteiger partial charge in [-0.05, 0) is 22.0 Å². The molecule has 0 atom stereocenters. The lowest BCUT2D eigenvalue weighted by Crippen LogP contribution is -2.03. The van der Waals surface area contributed by atoms with Gasteiger partial charge in [-0.15, -0.1) is 0 Å². The summed E-state index contributed by atoms with van der Waals surface area (Å²) in [5.41, 5.74) is 1.79. The summed E-state index contributed by atoms with van der Waals surface area (Å²) in [6.45, 7) is 1.48. The van der Waals surface area contributed by atoms with Gasteiger partial charge in [-0.2, -0.15) is 0 Å². The van der Waals surface area contributed by atoms with E-state index in [-0.39, 0.29) is 0 Å². The van der Waals surface area contributed by atoms with Gasteiger partial charge < -0.3 is 9.30 Å². The quantitative estimate of drug-likeness (QED) is 0.841. The molecule has 0 aliphatic rings. The normalized spacial score (nSPS) is 11.0. The summed E-state index contributed by atoms with van der Waals surface area (Å²) in [6, 6.07) is 1.95. The summed E-state index contributed by atoms with van der Waals surface area (Å²) in [7, 11) is 1.69. The van der Waals surface area contributed by atoms with E-state index in [1.54, 1.807) is 13.3 Å². The lowest BCUT2D eigenvalue weighted by molar-refractivity contribution is 0.188. The lowest BCUT2D eigenvalue weighted by atomic mass is 10.5. The Bertz CT molecular complexity index is 441. The molecular formula is C9H10BrN3O. The van der Waals surface area contributed by atoms with Gasteiger partial charge in [0.1, 0.15) is 10.1 Å². The van der Waals surface area contributed by atoms with Crippen molar-refractivity contribution >= 4 is 27.1 Å². The fraction of sp³-hybridized carbons (Fsp3) is 0.333. The van der Waals surface area contributed by atoms with Gasteiger partial charge in [0.15, 0.2) is 5.65 Å². The Hall–Kier alpha value is -0.940. The summed E-state index contributed by atoms with van der Waals surface area (Å²) < 4.78 is 7.79. The number of hydrogen-bond acceptors (Lipinski definition) is 3. The lowest BCUT2D eigenvalue weighted by Gasteiger charge is -2.02. The van der Waals surface area contributed by atoms with E-state index >= 15 is 0 Å². The van der Waals surface area contributed by atoms with Crippen molar-refractivity contribution in [2.45, 2.75) is 6.54 Å². The van der Waals surface area contributed by atoms with Crippen molar-refractivity contribution in [2.24, 2.45) is 0 Å². The summed E-state index contributed by atoms with van der Waals surface area (Å²) >= 11 is 3.29. The molecule has 0 fully saturated rings. The maximum absolute atomic E-state index is 5.01. The molecule has 2 aromatic heterocycles. The van der Waals surface area contributed by atoms with Crippen LogP contribution in [-0.4, -0.2) is 28.3 Å². The van der Waals surface area contributed by atoms with Crippen molar-refractivity contribution in [3.05, 3.63) is 23.1 Å². The average molecular weight is 256 g/mol. The number of ether oxygens (including phenoxy) is 1. The number of methoxy groups -OCH3 is 1. The Morgan fingerprint density at radius 1 is 1.57 bits per heavy atom. The first-order chi connectivity index (χ1) is 6.81. The van der Waals surface area contributed by atoms with E-state index < -0.39 is 0 Å². The van der Waals surface area contributed by atoms with Gasteiger partial charge in [0.25, 0.3) is 0 Å². The molecule has 5 heteroatoms. The number of hydrogen-bond donors (Lipinski definition) is 0. The fourth-order valence-corrected chi connectivity index (χ4v) is 1.60. The van der Waals surface area contributed by atoms with Gasteiger partial charge in [0, 0.05) is 19.9 Å². The van der Waals surface area contributed by atoms with Gasteiger partial charge in [-0.1, -0.05) is 0 Å². The van der Waals surface area contributed by atoms with E-state index in [1.807, 2.05) is 16.8 Å². The number of rotatable bonds is 3. The third kappa shape index (κ3) is 1.78. The van der Waals surface area contributed by atoms with E-state index in [1.165, 1.54) is 0 Å². The molecule has 0 bridgehead atoms. The van der Waals surface area contributed by atoms with Crippen molar-refractivity contribution in [2.75, 3.05) is 13.7 Å². The molecule has 74 valence electrons.